The van der Waals surface area contributed by atoms with Crippen LogP contribution in [0.2, 0.25) is 0 Å². The zero-order chi connectivity index (χ0) is 24.6. The molecule has 0 aliphatic rings. The average molecular weight is 478 g/mol. The van der Waals surface area contributed by atoms with Gasteiger partial charge in [0.05, 0.1) is 27.7 Å². The third kappa shape index (κ3) is 4.20. The first-order valence-electron chi connectivity index (χ1n) is 10.9. The van der Waals surface area contributed by atoms with Gasteiger partial charge in [0.1, 0.15) is 0 Å². The van der Waals surface area contributed by atoms with Gasteiger partial charge >= 0.3 is 0 Å². The molecule has 34 heavy (non-hydrogen) atoms. The topological polar surface area (TPSA) is 97.2 Å². The van der Waals surface area contributed by atoms with Crippen LogP contribution in [0.4, 0.5) is 5.69 Å². The highest BCUT2D eigenvalue weighted by Crippen LogP contribution is 2.29. The molecule has 176 valence electrons. The molecule has 1 amide bonds. The van der Waals surface area contributed by atoms with Crippen molar-refractivity contribution in [1.82, 2.24) is 19.1 Å². The number of sulfonamides is 1. The summed E-state index contributed by atoms with van der Waals surface area (Å²) in [5.41, 5.74) is 4.58. The van der Waals surface area contributed by atoms with E-state index >= 15 is 0 Å². The van der Waals surface area contributed by atoms with Gasteiger partial charge < -0.3 is 5.32 Å². The van der Waals surface area contributed by atoms with Crippen LogP contribution in [-0.2, 0) is 16.6 Å². The molecule has 0 radical (unpaired) electrons. The smallest absolute Gasteiger partial charge is 0.256 e. The number of rotatable bonds is 6. The molecule has 2 aromatic heterocycles. The molecule has 4 rings (SSSR count). The molecule has 0 aliphatic carbocycles. The van der Waals surface area contributed by atoms with Crippen molar-refractivity contribution in [2.75, 3.05) is 19.4 Å². The van der Waals surface area contributed by atoms with Crippen molar-refractivity contribution in [2.24, 2.45) is 0 Å². The maximum absolute atomic E-state index is 13.5. The zero-order valence-electron chi connectivity index (χ0n) is 19.8. The minimum atomic E-state index is -3.66. The van der Waals surface area contributed by atoms with Crippen LogP contribution in [-0.4, -0.2) is 47.5 Å². The predicted octanol–water partition coefficient (Wildman–Crippen LogP) is 4.24. The summed E-state index contributed by atoms with van der Waals surface area (Å²) in [6.45, 7) is 6.25. The van der Waals surface area contributed by atoms with Crippen molar-refractivity contribution in [3.63, 3.8) is 0 Å². The summed E-state index contributed by atoms with van der Waals surface area (Å²) in [6, 6.07) is 14.5. The maximum atomic E-state index is 13.5. The lowest BCUT2D eigenvalue weighted by Crippen LogP contribution is -2.23. The van der Waals surface area contributed by atoms with Crippen LogP contribution in [0.5, 0.6) is 0 Å². The Hall–Kier alpha value is -3.56. The summed E-state index contributed by atoms with van der Waals surface area (Å²) in [5, 5.41) is 7.95. The van der Waals surface area contributed by atoms with Crippen molar-refractivity contribution in [2.45, 2.75) is 32.2 Å². The number of amides is 1. The van der Waals surface area contributed by atoms with Gasteiger partial charge in [-0.2, -0.15) is 5.10 Å². The van der Waals surface area contributed by atoms with E-state index < -0.39 is 10.0 Å². The molecular formula is C25H27N5O3S. The number of anilines is 1. The molecule has 0 saturated carbocycles. The summed E-state index contributed by atoms with van der Waals surface area (Å²) < 4.78 is 28.3. The second-order valence-electron chi connectivity index (χ2n) is 8.27. The van der Waals surface area contributed by atoms with Gasteiger partial charge in [0.15, 0.2) is 5.65 Å². The molecule has 0 spiro atoms. The lowest BCUT2D eigenvalue weighted by Gasteiger charge is -2.17. The Morgan fingerprint density at radius 2 is 1.79 bits per heavy atom. The van der Waals surface area contributed by atoms with E-state index in [9.17, 15) is 13.2 Å². The van der Waals surface area contributed by atoms with Gasteiger partial charge in [0, 0.05) is 31.9 Å². The molecule has 0 unspecified atom stereocenters. The highest BCUT2D eigenvalue weighted by molar-refractivity contribution is 7.89. The molecule has 2 heterocycles. The molecule has 0 atom stereocenters. The second-order valence-corrected chi connectivity index (χ2v) is 10.4. The first kappa shape index (κ1) is 23.6. The zero-order valence-corrected chi connectivity index (χ0v) is 20.6. The number of hydrogen-bond acceptors (Lipinski definition) is 5. The lowest BCUT2D eigenvalue weighted by atomic mass is 10.1. The Balaban J connectivity index is 1.83. The van der Waals surface area contributed by atoms with Gasteiger partial charge in [-0.25, -0.2) is 22.4 Å². The van der Waals surface area contributed by atoms with E-state index in [0.29, 0.717) is 34.5 Å². The number of hydrogen-bond donors (Lipinski definition) is 1. The van der Waals surface area contributed by atoms with Crippen LogP contribution in [0.25, 0.3) is 22.3 Å². The molecule has 0 bridgehead atoms. The molecule has 0 fully saturated rings. The largest absolute Gasteiger partial charge is 0.322 e. The number of benzene rings is 2. The van der Waals surface area contributed by atoms with Crippen LogP contribution in [0.15, 0.2) is 59.6 Å². The van der Waals surface area contributed by atoms with E-state index in [1.54, 1.807) is 23.0 Å². The molecule has 9 heteroatoms. The molecule has 1 N–H and O–H groups in total. The Bertz CT molecular complexity index is 1490. The number of nitrogens with zero attached hydrogens (tertiary/aromatic N) is 4. The van der Waals surface area contributed by atoms with E-state index in [-0.39, 0.29) is 10.8 Å². The first-order chi connectivity index (χ1) is 16.1. The summed E-state index contributed by atoms with van der Waals surface area (Å²) >= 11 is 0. The van der Waals surface area contributed by atoms with E-state index in [4.69, 9.17) is 4.98 Å². The van der Waals surface area contributed by atoms with E-state index in [1.807, 2.05) is 51.1 Å². The third-order valence-electron chi connectivity index (χ3n) is 5.89. The monoisotopic (exact) mass is 477 g/mol. The van der Waals surface area contributed by atoms with Crippen molar-refractivity contribution in [3.05, 3.63) is 71.4 Å². The predicted molar refractivity (Wildman–Crippen MR) is 133 cm³/mol. The van der Waals surface area contributed by atoms with Crippen LogP contribution in [0.3, 0.4) is 0 Å². The van der Waals surface area contributed by atoms with Crippen LogP contribution >= 0.6 is 0 Å². The molecule has 0 aliphatic heterocycles. The molecule has 0 saturated heterocycles. The van der Waals surface area contributed by atoms with Gasteiger partial charge in [-0.05, 0) is 50.1 Å². The summed E-state index contributed by atoms with van der Waals surface area (Å²) in [7, 11) is -0.700. The average Bonchev–Trinajstić information content (AvgIpc) is 3.24. The number of fused-ring (bicyclic) bond motifs is 1. The van der Waals surface area contributed by atoms with Gasteiger partial charge in [0.2, 0.25) is 10.0 Å². The lowest BCUT2D eigenvalue weighted by molar-refractivity contribution is 0.102. The summed E-state index contributed by atoms with van der Waals surface area (Å²) in [4.78, 5) is 18.4. The SMILES string of the molecule is CCn1ncc2c(C(=O)Nc3cc(S(=O)(=O)N(C)C)cc(C)c3C)cc(-c3ccccc3)nc21. The van der Waals surface area contributed by atoms with E-state index in [2.05, 4.69) is 10.4 Å². The van der Waals surface area contributed by atoms with Crippen molar-refractivity contribution in [1.29, 1.82) is 0 Å². The van der Waals surface area contributed by atoms with Gasteiger partial charge in [0.25, 0.3) is 5.91 Å². The normalized spacial score (nSPS) is 11.8. The van der Waals surface area contributed by atoms with E-state index in [0.717, 1.165) is 21.0 Å². The Labute approximate surface area is 199 Å². The van der Waals surface area contributed by atoms with Crippen molar-refractivity contribution in [3.8, 4) is 11.3 Å². The van der Waals surface area contributed by atoms with Crippen LogP contribution in [0.1, 0.15) is 28.4 Å². The summed E-state index contributed by atoms with van der Waals surface area (Å²) in [6.07, 6.45) is 1.64. The molecule has 2 aromatic carbocycles. The second kappa shape index (κ2) is 9.00. The third-order valence-corrected chi connectivity index (χ3v) is 7.68. The minimum absolute atomic E-state index is 0.125. The Morgan fingerprint density at radius 3 is 2.44 bits per heavy atom. The molecular weight excluding hydrogens is 450 g/mol. The number of carbonyl (C=O) groups is 1. The van der Waals surface area contributed by atoms with Gasteiger partial charge in [-0.3, -0.25) is 4.79 Å². The Morgan fingerprint density at radius 1 is 1.09 bits per heavy atom. The fourth-order valence-electron chi connectivity index (χ4n) is 3.73. The number of pyridine rings is 1. The number of nitrogens with one attached hydrogen (secondary N) is 1. The van der Waals surface area contributed by atoms with Crippen LogP contribution in [0, 0.1) is 13.8 Å². The highest BCUT2D eigenvalue weighted by atomic mass is 32.2. The van der Waals surface area contributed by atoms with Gasteiger partial charge in [-0.15, -0.1) is 0 Å². The van der Waals surface area contributed by atoms with Crippen molar-refractivity contribution < 1.29 is 13.2 Å². The summed E-state index contributed by atoms with van der Waals surface area (Å²) in [5.74, 6) is -0.359. The first-order valence-corrected chi connectivity index (χ1v) is 12.3. The van der Waals surface area contributed by atoms with E-state index in [1.165, 1.54) is 20.2 Å². The number of aryl methyl sites for hydroxylation is 2. The van der Waals surface area contributed by atoms with Crippen molar-refractivity contribution >= 4 is 32.7 Å². The molecule has 8 nitrogen and oxygen atoms in total. The standard InChI is InChI=1S/C25H27N5O3S/c1-6-30-24-21(15-26-30)20(14-23(27-24)18-10-8-7-9-11-18)25(31)28-22-13-19(12-16(2)17(22)3)34(32,33)29(4)5/h7-15H,6H2,1-5H3,(H,28,31). The molecule has 4 aromatic rings. The fourth-order valence-corrected chi connectivity index (χ4v) is 4.74. The highest BCUT2D eigenvalue weighted by Gasteiger charge is 2.22. The van der Waals surface area contributed by atoms with Gasteiger partial charge in [-0.1, -0.05) is 30.3 Å². The maximum Gasteiger partial charge on any atom is 0.256 e. The van der Waals surface area contributed by atoms with Crippen LogP contribution < -0.4 is 5.32 Å². The number of carbonyl (C=O) groups excluding carboxylic acids is 1. The quantitative estimate of drug-likeness (QED) is 0.448. The fraction of sp³-hybridized carbons (Fsp3) is 0.240. The Kier molecular flexibility index (Phi) is 6.24. The number of aromatic nitrogens is 3. The minimum Gasteiger partial charge on any atom is -0.322 e.